The predicted octanol–water partition coefficient (Wildman–Crippen LogP) is 3.65. The number of hydrogen-bond donors (Lipinski definition) is 0. The molecule has 2 aliphatic rings. The molecule has 4 heterocycles. The van der Waals surface area contributed by atoms with Gasteiger partial charge in [-0.1, -0.05) is 12.1 Å². The van der Waals surface area contributed by atoms with Gasteiger partial charge < -0.3 is 19.3 Å². The lowest BCUT2D eigenvalue weighted by Gasteiger charge is -2.36. The number of carbonyl (C=O) groups is 2. The molecule has 0 amide bonds. The maximum Gasteiger partial charge on any atom is 0.342 e. The molecule has 2 aromatic heterocycles. The van der Waals surface area contributed by atoms with Gasteiger partial charge in [-0.15, -0.1) is 0 Å². The van der Waals surface area contributed by atoms with Crippen LogP contribution in [-0.4, -0.2) is 101 Å². The summed E-state index contributed by atoms with van der Waals surface area (Å²) in [5.41, 5.74) is 3.94. The zero-order valence-corrected chi connectivity index (χ0v) is 26.2. The smallest absolute Gasteiger partial charge is 0.342 e. The predicted molar refractivity (Wildman–Crippen MR) is 169 cm³/mol. The van der Waals surface area contributed by atoms with Gasteiger partial charge in [-0.3, -0.25) is 19.8 Å². The maximum atomic E-state index is 12.6. The normalized spacial score (nSPS) is 16.4. The number of piperazine rings is 2. The van der Waals surface area contributed by atoms with Gasteiger partial charge in [0.25, 0.3) is 0 Å². The van der Waals surface area contributed by atoms with Crippen LogP contribution >= 0.6 is 0 Å². The molecule has 2 fully saturated rings. The molecule has 3 aromatic rings. The second-order valence-electron chi connectivity index (χ2n) is 11.8. The first-order chi connectivity index (χ1) is 21.3. The monoisotopic (exact) mass is 601 g/mol. The molecule has 0 atom stereocenters. The number of benzene rings is 1. The van der Waals surface area contributed by atoms with E-state index in [0.29, 0.717) is 16.9 Å². The van der Waals surface area contributed by atoms with Crippen LogP contribution in [0.4, 0.5) is 11.5 Å². The maximum absolute atomic E-state index is 12.6. The SMILES string of the molecule is CC(C)OC(=O)c1ccccc1N1CCN(Cc2cnc(CN3CCN(c4ncccc4C(=O)OC(C)C)CC3)cn2)CC1. The number of anilines is 2. The lowest BCUT2D eigenvalue weighted by molar-refractivity contribution is 0.0367. The average Bonchev–Trinajstić information content (AvgIpc) is 3.02. The van der Waals surface area contributed by atoms with Gasteiger partial charge in [-0.2, -0.15) is 0 Å². The van der Waals surface area contributed by atoms with Crippen molar-refractivity contribution in [1.82, 2.24) is 24.8 Å². The Morgan fingerprint density at radius 2 is 1.16 bits per heavy atom. The molecule has 2 saturated heterocycles. The highest BCUT2D eigenvalue weighted by atomic mass is 16.5. The Morgan fingerprint density at radius 1 is 0.659 bits per heavy atom. The van der Waals surface area contributed by atoms with Crippen LogP contribution in [-0.2, 0) is 22.6 Å². The fourth-order valence-electron chi connectivity index (χ4n) is 5.55. The summed E-state index contributed by atoms with van der Waals surface area (Å²) < 4.78 is 10.9. The standard InChI is InChI=1S/C33H43N7O4/c1-24(2)43-32(41)28-8-5-6-10-30(28)39-16-12-37(13-17-39)22-26-20-36-27(21-35-26)23-38-14-18-40(19-15-38)31-29(9-7-11-34-31)33(42)44-25(3)4/h5-11,20-21,24-25H,12-19,22-23H2,1-4H3. The number of ether oxygens (including phenoxy) is 2. The minimum Gasteiger partial charge on any atom is -0.459 e. The molecule has 0 saturated carbocycles. The van der Waals surface area contributed by atoms with Crippen molar-refractivity contribution in [3.8, 4) is 0 Å². The Bertz CT molecular complexity index is 1290. The quantitative estimate of drug-likeness (QED) is 0.318. The van der Waals surface area contributed by atoms with E-state index in [-0.39, 0.29) is 24.1 Å². The lowest BCUT2D eigenvalue weighted by Crippen LogP contribution is -2.47. The number of para-hydroxylation sites is 1. The van der Waals surface area contributed by atoms with Gasteiger partial charge in [-0.25, -0.2) is 14.6 Å². The van der Waals surface area contributed by atoms with Gasteiger partial charge in [0.1, 0.15) is 11.4 Å². The van der Waals surface area contributed by atoms with Crippen LogP contribution in [0.3, 0.4) is 0 Å². The van der Waals surface area contributed by atoms with Crippen molar-refractivity contribution in [1.29, 1.82) is 0 Å². The van der Waals surface area contributed by atoms with Crippen LogP contribution in [0.1, 0.15) is 59.8 Å². The molecule has 0 bridgehead atoms. The Hall–Kier alpha value is -4.09. The van der Waals surface area contributed by atoms with Crippen molar-refractivity contribution in [2.24, 2.45) is 0 Å². The van der Waals surface area contributed by atoms with E-state index in [1.807, 2.05) is 64.4 Å². The van der Waals surface area contributed by atoms with E-state index in [1.54, 1.807) is 18.3 Å². The minimum atomic E-state index is -0.336. The van der Waals surface area contributed by atoms with Gasteiger partial charge in [0.2, 0.25) is 0 Å². The number of carbonyl (C=O) groups excluding carboxylic acids is 2. The topological polar surface area (TPSA) is 104 Å². The molecular weight excluding hydrogens is 558 g/mol. The fraction of sp³-hybridized carbons (Fsp3) is 0.485. The third-order valence-corrected chi connectivity index (χ3v) is 7.73. The molecule has 234 valence electrons. The minimum absolute atomic E-state index is 0.154. The highest BCUT2D eigenvalue weighted by molar-refractivity contribution is 5.96. The molecule has 1 aromatic carbocycles. The molecule has 2 aliphatic heterocycles. The molecule has 0 N–H and O–H groups in total. The zero-order chi connectivity index (χ0) is 31.1. The second-order valence-corrected chi connectivity index (χ2v) is 11.8. The Balaban J connectivity index is 1.09. The zero-order valence-electron chi connectivity index (χ0n) is 26.2. The molecular formula is C33H43N7O4. The highest BCUT2D eigenvalue weighted by Gasteiger charge is 2.25. The van der Waals surface area contributed by atoms with Crippen LogP contribution < -0.4 is 9.80 Å². The Morgan fingerprint density at radius 3 is 1.70 bits per heavy atom. The van der Waals surface area contributed by atoms with E-state index >= 15 is 0 Å². The first-order valence-corrected chi connectivity index (χ1v) is 15.5. The van der Waals surface area contributed by atoms with E-state index in [9.17, 15) is 9.59 Å². The molecule has 0 unspecified atom stereocenters. The third kappa shape index (κ3) is 8.09. The summed E-state index contributed by atoms with van der Waals surface area (Å²) in [5, 5.41) is 0. The summed E-state index contributed by atoms with van der Waals surface area (Å²) in [4.78, 5) is 48.3. The molecule has 5 rings (SSSR count). The van der Waals surface area contributed by atoms with Crippen molar-refractivity contribution in [3.63, 3.8) is 0 Å². The number of rotatable bonds is 10. The average molecular weight is 602 g/mol. The van der Waals surface area contributed by atoms with Crippen LogP contribution in [0.5, 0.6) is 0 Å². The Kier molecular flexibility index (Phi) is 10.4. The van der Waals surface area contributed by atoms with E-state index in [4.69, 9.17) is 19.4 Å². The summed E-state index contributed by atoms with van der Waals surface area (Å²) in [6.45, 7) is 15.5. The van der Waals surface area contributed by atoms with E-state index in [1.165, 1.54) is 0 Å². The van der Waals surface area contributed by atoms with Gasteiger partial charge in [0.15, 0.2) is 0 Å². The van der Waals surface area contributed by atoms with Crippen LogP contribution in [0.2, 0.25) is 0 Å². The van der Waals surface area contributed by atoms with Crippen molar-refractivity contribution in [3.05, 3.63) is 77.5 Å². The van der Waals surface area contributed by atoms with Gasteiger partial charge >= 0.3 is 11.9 Å². The van der Waals surface area contributed by atoms with E-state index in [0.717, 1.165) is 82.5 Å². The number of aromatic nitrogens is 3. The summed E-state index contributed by atoms with van der Waals surface area (Å²) in [5.74, 6) is 0.0683. The third-order valence-electron chi connectivity index (χ3n) is 7.73. The number of pyridine rings is 1. The molecule has 0 aliphatic carbocycles. The van der Waals surface area contributed by atoms with Gasteiger partial charge in [0.05, 0.1) is 47.2 Å². The summed E-state index contributed by atoms with van der Waals surface area (Å²) in [6, 6.07) is 11.2. The molecule has 0 radical (unpaired) electrons. The Labute approximate surface area is 259 Å². The van der Waals surface area contributed by atoms with Gasteiger partial charge in [-0.05, 0) is 52.0 Å². The largest absolute Gasteiger partial charge is 0.459 e. The van der Waals surface area contributed by atoms with Crippen molar-refractivity contribution >= 4 is 23.4 Å². The summed E-state index contributed by atoms with van der Waals surface area (Å²) in [7, 11) is 0. The molecule has 11 nitrogen and oxygen atoms in total. The van der Waals surface area contributed by atoms with Crippen LogP contribution in [0.15, 0.2) is 55.0 Å². The van der Waals surface area contributed by atoms with Gasteiger partial charge in [0, 0.05) is 71.6 Å². The highest BCUT2D eigenvalue weighted by Crippen LogP contribution is 2.24. The second kappa shape index (κ2) is 14.6. The first-order valence-electron chi connectivity index (χ1n) is 15.5. The van der Waals surface area contributed by atoms with Crippen molar-refractivity contribution in [2.75, 3.05) is 62.2 Å². The first kappa shape index (κ1) is 31.3. The van der Waals surface area contributed by atoms with E-state index in [2.05, 4.69) is 24.6 Å². The number of hydrogen-bond acceptors (Lipinski definition) is 11. The number of esters is 2. The summed E-state index contributed by atoms with van der Waals surface area (Å²) >= 11 is 0. The fourth-order valence-corrected chi connectivity index (χ4v) is 5.55. The van der Waals surface area contributed by atoms with E-state index < -0.39 is 0 Å². The number of nitrogens with zero attached hydrogens (tertiary/aromatic N) is 7. The van der Waals surface area contributed by atoms with Crippen LogP contribution in [0, 0.1) is 0 Å². The summed E-state index contributed by atoms with van der Waals surface area (Å²) in [6.07, 6.45) is 5.15. The molecule has 44 heavy (non-hydrogen) atoms. The van der Waals surface area contributed by atoms with Crippen LogP contribution in [0.25, 0.3) is 0 Å². The lowest BCUT2D eigenvalue weighted by atomic mass is 10.1. The van der Waals surface area contributed by atoms with Crippen molar-refractivity contribution in [2.45, 2.75) is 53.0 Å². The molecule has 11 heteroatoms. The molecule has 0 spiro atoms. The van der Waals surface area contributed by atoms with Crippen molar-refractivity contribution < 1.29 is 19.1 Å².